The Morgan fingerprint density at radius 2 is 2.26 bits per heavy atom. The van der Waals surface area contributed by atoms with Gasteiger partial charge in [-0.05, 0) is 19.3 Å². The maximum absolute atomic E-state index is 10.7. The van der Waals surface area contributed by atoms with Crippen LogP contribution in [0.1, 0.15) is 36.5 Å². The molecule has 1 aromatic rings. The third-order valence-corrected chi connectivity index (χ3v) is 3.10. The minimum atomic E-state index is -1.01. The lowest BCUT2D eigenvalue weighted by atomic mass is 10.1. The lowest BCUT2D eigenvalue weighted by molar-refractivity contribution is 0.0437. The molecule has 1 saturated heterocycles. The molecular weight excluding hydrogens is 246 g/mol. The Morgan fingerprint density at radius 3 is 2.89 bits per heavy atom. The van der Waals surface area contributed by atoms with Crippen molar-refractivity contribution in [3.63, 3.8) is 0 Å². The quantitative estimate of drug-likeness (QED) is 0.871. The molecule has 6 nitrogen and oxygen atoms in total. The second-order valence-corrected chi connectivity index (χ2v) is 4.66. The normalized spacial score (nSPS) is 19.4. The third kappa shape index (κ3) is 3.64. The molecule has 1 N–H and O–H groups in total. The van der Waals surface area contributed by atoms with Crippen LogP contribution in [0, 0.1) is 0 Å². The standard InChI is InChI=1S/C13H19N3O3/c1-2-6-19-11-4-3-5-16(9-11)13-14-7-10(8-15-13)12(17)18/h7-8,11H,2-6,9H2,1H3,(H,17,18). The molecule has 0 saturated carbocycles. The van der Waals surface area contributed by atoms with E-state index in [0.29, 0.717) is 5.95 Å². The van der Waals surface area contributed by atoms with Crippen LogP contribution in [-0.2, 0) is 4.74 Å². The van der Waals surface area contributed by atoms with Crippen LogP contribution >= 0.6 is 0 Å². The van der Waals surface area contributed by atoms with Crippen molar-refractivity contribution >= 4 is 11.9 Å². The number of piperidine rings is 1. The molecule has 6 heteroatoms. The van der Waals surface area contributed by atoms with Crippen molar-refractivity contribution in [1.29, 1.82) is 0 Å². The van der Waals surface area contributed by atoms with Crippen LogP contribution in [0.5, 0.6) is 0 Å². The predicted molar refractivity (Wildman–Crippen MR) is 70.5 cm³/mol. The highest BCUT2D eigenvalue weighted by atomic mass is 16.5. The van der Waals surface area contributed by atoms with Crippen molar-refractivity contribution in [3.05, 3.63) is 18.0 Å². The molecule has 1 aliphatic rings. The smallest absolute Gasteiger partial charge is 0.338 e. The summed E-state index contributed by atoms with van der Waals surface area (Å²) in [6, 6.07) is 0. The number of anilines is 1. The van der Waals surface area contributed by atoms with E-state index < -0.39 is 5.97 Å². The van der Waals surface area contributed by atoms with E-state index in [1.807, 2.05) is 0 Å². The molecule has 19 heavy (non-hydrogen) atoms. The zero-order chi connectivity index (χ0) is 13.7. The van der Waals surface area contributed by atoms with Gasteiger partial charge in [-0.25, -0.2) is 14.8 Å². The van der Waals surface area contributed by atoms with E-state index in [1.54, 1.807) is 0 Å². The molecule has 0 spiro atoms. The van der Waals surface area contributed by atoms with Crippen LogP contribution in [0.2, 0.25) is 0 Å². The van der Waals surface area contributed by atoms with Gasteiger partial charge in [-0.2, -0.15) is 0 Å². The Morgan fingerprint density at radius 1 is 1.53 bits per heavy atom. The summed E-state index contributed by atoms with van der Waals surface area (Å²) in [5.41, 5.74) is 0.111. The Bertz CT molecular complexity index is 422. The van der Waals surface area contributed by atoms with Gasteiger partial charge in [0.2, 0.25) is 5.95 Å². The molecule has 0 aromatic carbocycles. The zero-order valence-corrected chi connectivity index (χ0v) is 11.1. The fourth-order valence-corrected chi connectivity index (χ4v) is 2.14. The second-order valence-electron chi connectivity index (χ2n) is 4.66. The average Bonchev–Trinajstić information content (AvgIpc) is 2.45. The molecule has 0 bridgehead atoms. The van der Waals surface area contributed by atoms with E-state index in [9.17, 15) is 4.79 Å². The Kier molecular flexibility index (Phi) is 4.68. The van der Waals surface area contributed by atoms with Crippen molar-refractivity contribution in [1.82, 2.24) is 9.97 Å². The first-order valence-corrected chi connectivity index (χ1v) is 6.62. The van der Waals surface area contributed by atoms with Crippen molar-refractivity contribution in [2.75, 3.05) is 24.6 Å². The fourth-order valence-electron chi connectivity index (χ4n) is 2.14. The van der Waals surface area contributed by atoms with Crippen molar-refractivity contribution < 1.29 is 14.6 Å². The average molecular weight is 265 g/mol. The van der Waals surface area contributed by atoms with E-state index in [2.05, 4.69) is 21.8 Å². The third-order valence-electron chi connectivity index (χ3n) is 3.10. The molecule has 1 fully saturated rings. The molecule has 2 heterocycles. The molecule has 0 amide bonds. The van der Waals surface area contributed by atoms with Crippen LogP contribution in [0.25, 0.3) is 0 Å². The first kappa shape index (κ1) is 13.7. The van der Waals surface area contributed by atoms with Crippen LogP contribution in [0.3, 0.4) is 0 Å². The van der Waals surface area contributed by atoms with Gasteiger partial charge in [0, 0.05) is 32.1 Å². The van der Waals surface area contributed by atoms with E-state index >= 15 is 0 Å². The molecule has 0 radical (unpaired) electrons. The van der Waals surface area contributed by atoms with Crippen molar-refractivity contribution in [2.24, 2.45) is 0 Å². The first-order valence-electron chi connectivity index (χ1n) is 6.62. The van der Waals surface area contributed by atoms with Gasteiger partial charge < -0.3 is 14.7 Å². The maximum Gasteiger partial charge on any atom is 0.338 e. The summed E-state index contributed by atoms with van der Waals surface area (Å²) in [6.07, 6.45) is 6.03. The summed E-state index contributed by atoms with van der Waals surface area (Å²) >= 11 is 0. The van der Waals surface area contributed by atoms with E-state index in [-0.39, 0.29) is 11.7 Å². The number of hydrogen-bond acceptors (Lipinski definition) is 5. The lowest BCUT2D eigenvalue weighted by Crippen LogP contribution is -2.40. The van der Waals surface area contributed by atoms with Crippen LogP contribution in [-0.4, -0.2) is 46.8 Å². The molecule has 1 atom stereocenters. The van der Waals surface area contributed by atoms with Gasteiger partial charge >= 0.3 is 5.97 Å². The highest BCUT2D eigenvalue weighted by molar-refractivity contribution is 5.86. The number of aromatic nitrogens is 2. The zero-order valence-electron chi connectivity index (χ0n) is 11.1. The molecule has 104 valence electrons. The van der Waals surface area contributed by atoms with Crippen LogP contribution in [0.4, 0.5) is 5.95 Å². The van der Waals surface area contributed by atoms with Crippen LogP contribution < -0.4 is 4.90 Å². The summed E-state index contributed by atoms with van der Waals surface area (Å²) in [5.74, 6) is -0.427. The number of ether oxygens (including phenoxy) is 1. The summed E-state index contributed by atoms with van der Waals surface area (Å²) in [5, 5.41) is 8.81. The highest BCUT2D eigenvalue weighted by Gasteiger charge is 2.22. The largest absolute Gasteiger partial charge is 0.478 e. The van der Waals surface area contributed by atoms with Gasteiger partial charge in [-0.1, -0.05) is 6.92 Å². The van der Waals surface area contributed by atoms with Gasteiger partial charge in [-0.3, -0.25) is 0 Å². The summed E-state index contributed by atoms with van der Waals surface area (Å²) in [7, 11) is 0. The maximum atomic E-state index is 10.7. The molecular formula is C13H19N3O3. The number of carboxylic acids is 1. The molecule has 0 aliphatic carbocycles. The minimum absolute atomic E-state index is 0.111. The topological polar surface area (TPSA) is 75.5 Å². The number of hydrogen-bond donors (Lipinski definition) is 1. The summed E-state index contributed by atoms with van der Waals surface area (Å²) in [6.45, 7) is 4.52. The minimum Gasteiger partial charge on any atom is -0.478 e. The van der Waals surface area contributed by atoms with E-state index in [0.717, 1.165) is 39.0 Å². The van der Waals surface area contributed by atoms with E-state index in [4.69, 9.17) is 9.84 Å². The molecule has 1 aliphatic heterocycles. The monoisotopic (exact) mass is 265 g/mol. The van der Waals surface area contributed by atoms with Gasteiger partial charge in [0.25, 0.3) is 0 Å². The highest BCUT2D eigenvalue weighted by Crippen LogP contribution is 2.18. The number of rotatable bonds is 5. The Balaban J connectivity index is 1.98. The van der Waals surface area contributed by atoms with Crippen molar-refractivity contribution in [2.45, 2.75) is 32.3 Å². The molecule has 1 unspecified atom stereocenters. The van der Waals surface area contributed by atoms with Gasteiger partial charge in [-0.15, -0.1) is 0 Å². The van der Waals surface area contributed by atoms with Crippen LogP contribution in [0.15, 0.2) is 12.4 Å². The number of carbonyl (C=O) groups is 1. The Labute approximate surface area is 112 Å². The van der Waals surface area contributed by atoms with Crippen molar-refractivity contribution in [3.8, 4) is 0 Å². The summed E-state index contributed by atoms with van der Waals surface area (Å²) in [4.78, 5) is 21.0. The molecule has 1 aromatic heterocycles. The molecule has 2 rings (SSSR count). The fraction of sp³-hybridized carbons (Fsp3) is 0.615. The number of nitrogens with zero attached hydrogens (tertiary/aromatic N) is 3. The van der Waals surface area contributed by atoms with Gasteiger partial charge in [0.05, 0.1) is 11.7 Å². The lowest BCUT2D eigenvalue weighted by Gasteiger charge is -2.32. The number of carboxylic acid groups (broad SMARTS) is 1. The Hall–Kier alpha value is -1.69. The predicted octanol–water partition coefficient (Wildman–Crippen LogP) is 1.57. The SMILES string of the molecule is CCCOC1CCCN(c2ncc(C(=O)O)cn2)C1. The van der Waals surface area contributed by atoms with E-state index in [1.165, 1.54) is 12.4 Å². The summed E-state index contributed by atoms with van der Waals surface area (Å²) < 4.78 is 5.75. The first-order chi connectivity index (χ1) is 9.20. The number of aromatic carboxylic acids is 1. The second kappa shape index (κ2) is 6.47. The van der Waals surface area contributed by atoms with Gasteiger partial charge in [0.15, 0.2) is 0 Å². The van der Waals surface area contributed by atoms with Gasteiger partial charge in [0.1, 0.15) is 0 Å².